The number of benzene rings is 1. The Bertz CT molecular complexity index is 610. The first-order chi connectivity index (χ1) is 9.90. The molecule has 1 aromatic carbocycles. The minimum atomic E-state index is -3.76. The number of rotatable bonds is 4. The van der Waals surface area contributed by atoms with E-state index in [1.54, 1.807) is 17.0 Å². The van der Waals surface area contributed by atoms with Gasteiger partial charge in [0, 0.05) is 13.1 Å². The lowest BCUT2D eigenvalue weighted by Gasteiger charge is -2.30. The van der Waals surface area contributed by atoms with Crippen LogP contribution in [0.3, 0.4) is 0 Å². The molecule has 1 aliphatic rings. The lowest BCUT2D eigenvalue weighted by molar-refractivity contribution is -0.131. The lowest BCUT2D eigenvalue weighted by atomic mass is 9.99. The first-order valence-corrected chi connectivity index (χ1v) is 8.78. The molecular weight excluding hydrogens is 312 g/mol. The summed E-state index contributed by atoms with van der Waals surface area (Å²) in [6.07, 6.45) is 1.92. The minimum Gasteiger partial charge on any atom is -0.342 e. The first-order valence-electron chi connectivity index (χ1n) is 6.92. The Balaban J connectivity index is 1.96. The van der Waals surface area contributed by atoms with Crippen LogP contribution in [-0.4, -0.2) is 38.9 Å². The van der Waals surface area contributed by atoms with Gasteiger partial charge in [-0.1, -0.05) is 30.7 Å². The number of piperidine rings is 1. The minimum absolute atomic E-state index is 0.00765. The summed E-state index contributed by atoms with van der Waals surface area (Å²) < 4.78 is 26.6. The van der Waals surface area contributed by atoms with Crippen LogP contribution in [0.5, 0.6) is 0 Å². The van der Waals surface area contributed by atoms with Crippen LogP contribution in [-0.2, 0) is 14.8 Å². The molecule has 116 valence electrons. The number of hydrogen-bond donors (Lipinski definition) is 1. The van der Waals surface area contributed by atoms with E-state index in [2.05, 4.69) is 11.6 Å². The second-order valence-electron chi connectivity index (χ2n) is 5.32. The zero-order chi connectivity index (χ0) is 15.5. The molecule has 1 amide bonds. The maximum atomic E-state index is 12.1. The molecule has 2 rings (SSSR count). The van der Waals surface area contributed by atoms with Crippen molar-refractivity contribution in [3.05, 3.63) is 29.3 Å². The Hall–Kier alpha value is -1.11. The van der Waals surface area contributed by atoms with Crippen LogP contribution < -0.4 is 4.72 Å². The highest BCUT2D eigenvalue weighted by Crippen LogP contribution is 2.20. The van der Waals surface area contributed by atoms with Crippen molar-refractivity contribution in [2.75, 3.05) is 19.6 Å². The Labute approximate surface area is 130 Å². The van der Waals surface area contributed by atoms with E-state index >= 15 is 0 Å². The Kier molecular flexibility index (Phi) is 5.24. The molecule has 21 heavy (non-hydrogen) atoms. The normalized spacial score (nSPS) is 17.0. The van der Waals surface area contributed by atoms with Gasteiger partial charge in [0.1, 0.15) is 4.90 Å². The standard InChI is InChI=1S/C14H19ClN2O3S/c1-11-6-8-17(9-7-11)14(18)10-16-21(19,20)13-5-3-2-4-12(13)15/h2-5,11,16H,6-10H2,1H3. The highest BCUT2D eigenvalue weighted by molar-refractivity contribution is 7.89. The van der Waals surface area contributed by atoms with Crippen LogP contribution >= 0.6 is 11.6 Å². The Morgan fingerprint density at radius 3 is 2.57 bits per heavy atom. The van der Waals surface area contributed by atoms with Crippen molar-refractivity contribution in [2.45, 2.75) is 24.7 Å². The van der Waals surface area contributed by atoms with Crippen molar-refractivity contribution in [1.29, 1.82) is 0 Å². The fourth-order valence-corrected chi connectivity index (χ4v) is 3.76. The molecule has 7 heteroatoms. The summed E-state index contributed by atoms with van der Waals surface area (Å²) in [5.74, 6) is 0.423. The van der Waals surface area contributed by atoms with Crippen molar-refractivity contribution >= 4 is 27.5 Å². The first kappa shape index (κ1) is 16.3. The number of nitrogens with one attached hydrogen (secondary N) is 1. The van der Waals surface area contributed by atoms with Gasteiger partial charge in [0.2, 0.25) is 15.9 Å². The van der Waals surface area contributed by atoms with Crippen molar-refractivity contribution in [3.8, 4) is 0 Å². The summed E-state index contributed by atoms with van der Waals surface area (Å²) >= 11 is 5.87. The van der Waals surface area contributed by atoms with Crippen LogP contribution in [0, 0.1) is 5.92 Å². The molecule has 1 N–H and O–H groups in total. The Morgan fingerprint density at radius 1 is 1.33 bits per heavy atom. The molecule has 1 saturated heterocycles. The molecule has 0 saturated carbocycles. The third-order valence-electron chi connectivity index (χ3n) is 3.68. The van der Waals surface area contributed by atoms with Gasteiger partial charge in [0.05, 0.1) is 11.6 Å². The number of sulfonamides is 1. The van der Waals surface area contributed by atoms with Gasteiger partial charge in [0.25, 0.3) is 0 Å². The SMILES string of the molecule is CC1CCN(C(=O)CNS(=O)(=O)c2ccccc2Cl)CC1. The summed E-state index contributed by atoms with van der Waals surface area (Å²) in [4.78, 5) is 13.7. The average Bonchev–Trinajstić information content (AvgIpc) is 2.46. The van der Waals surface area contributed by atoms with Gasteiger partial charge in [-0.3, -0.25) is 4.79 Å². The predicted molar refractivity (Wildman–Crippen MR) is 81.6 cm³/mol. The van der Waals surface area contributed by atoms with E-state index in [1.165, 1.54) is 12.1 Å². The van der Waals surface area contributed by atoms with E-state index in [9.17, 15) is 13.2 Å². The van der Waals surface area contributed by atoms with E-state index in [4.69, 9.17) is 11.6 Å². The molecular formula is C14H19ClN2O3S. The number of likely N-dealkylation sites (tertiary alicyclic amines) is 1. The second kappa shape index (κ2) is 6.77. The molecule has 0 spiro atoms. The number of carbonyl (C=O) groups is 1. The quantitative estimate of drug-likeness (QED) is 0.916. The van der Waals surface area contributed by atoms with Crippen molar-refractivity contribution in [1.82, 2.24) is 9.62 Å². The van der Waals surface area contributed by atoms with Crippen LogP contribution in [0.25, 0.3) is 0 Å². The number of hydrogen-bond acceptors (Lipinski definition) is 3. The topological polar surface area (TPSA) is 66.5 Å². The monoisotopic (exact) mass is 330 g/mol. The predicted octanol–water partition coefficient (Wildman–Crippen LogP) is 1.88. The van der Waals surface area contributed by atoms with Gasteiger partial charge in [-0.2, -0.15) is 0 Å². The molecule has 0 aromatic heterocycles. The molecule has 0 atom stereocenters. The van der Waals surface area contributed by atoms with Gasteiger partial charge in [0.15, 0.2) is 0 Å². The zero-order valence-electron chi connectivity index (χ0n) is 11.9. The maximum Gasteiger partial charge on any atom is 0.242 e. The van der Waals surface area contributed by atoms with Crippen LogP contribution in [0.4, 0.5) is 0 Å². The van der Waals surface area contributed by atoms with Crippen molar-refractivity contribution in [3.63, 3.8) is 0 Å². The number of carbonyl (C=O) groups excluding carboxylic acids is 1. The lowest BCUT2D eigenvalue weighted by Crippen LogP contribution is -2.43. The molecule has 0 bridgehead atoms. The average molecular weight is 331 g/mol. The van der Waals surface area contributed by atoms with Crippen LogP contribution in [0.1, 0.15) is 19.8 Å². The molecule has 1 fully saturated rings. The van der Waals surface area contributed by atoms with E-state index in [-0.39, 0.29) is 22.4 Å². The van der Waals surface area contributed by atoms with E-state index in [0.29, 0.717) is 19.0 Å². The maximum absolute atomic E-state index is 12.1. The molecule has 0 unspecified atom stereocenters. The fraction of sp³-hybridized carbons (Fsp3) is 0.500. The van der Waals surface area contributed by atoms with Gasteiger partial charge in [-0.15, -0.1) is 0 Å². The summed E-state index contributed by atoms with van der Waals surface area (Å²) in [5, 5.41) is 0.143. The smallest absolute Gasteiger partial charge is 0.242 e. The van der Waals surface area contributed by atoms with Gasteiger partial charge >= 0.3 is 0 Å². The zero-order valence-corrected chi connectivity index (χ0v) is 13.5. The molecule has 1 heterocycles. The second-order valence-corrected chi connectivity index (χ2v) is 7.46. The number of amides is 1. The molecule has 1 aromatic rings. The van der Waals surface area contributed by atoms with Crippen molar-refractivity contribution < 1.29 is 13.2 Å². The molecule has 1 aliphatic heterocycles. The van der Waals surface area contributed by atoms with Gasteiger partial charge in [-0.25, -0.2) is 13.1 Å². The van der Waals surface area contributed by atoms with E-state index < -0.39 is 10.0 Å². The molecule has 5 nitrogen and oxygen atoms in total. The summed E-state index contributed by atoms with van der Waals surface area (Å²) in [6, 6.07) is 6.16. The van der Waals surface area contributed by atoms with E-state index in [1.807, 2.05) is 0 Å². The van der Waals surface area contributed by atoms with Crippen LogP contribution in [0.15, 0.2) is 29.2 Å². The third-order valence-corrected chi connectivity index (χ3v) is 5.58. The van der Waals surface area contributed by atoms with Gasteiger partial charge in [-0.05, 0) is 30.9 Å². The highest BCUT2D eigenvalue weighted by Gasteiger charge is 2.23. The number of nitrogens with zero attached hydrogens (tertiary/aromatic N) is 1. The van der Waals surface area contributed by atoms with E-state index in [0.717, 1.165) is 12.8 Å². The summed E-state index contributed by atoms with van der Waals surface area (Å²) in [5.41, 5.74) is 0. The van der Waals surface area contributed by atoms with Crippen molar-refractivity contribution in [2.24, 2.45) is 5.92 Å². The fourth-order valence-electron chi connectivity index (χ4n) is 2.27. The highest BCUT2D eigenvalue weighted by atomic mass is 35.5. The third kappa shape index (κ3) is 4.18. The summed E-state index contributed by atoms with van der Waals surface area (Å²) in [6.45, 7) is 3.30. The molecule has 0 aliphatic carbocycles. The van der Waals surface area contributed by atoms with Gasteiger partial charge < -0.3 is 4.90 Å². The van der Waals surface area contributed by atoms with Crippen LogP contribution in [0.2, 0.25) is 5.02 Å². The Morgan fingerprint density at radius 2 is 1.95 bits per heavy atom. The number of halogens is 1. The molecule has 0 radical (unpaired) electrons. The summed E-state index contributed by atoms with van der Waals surface area (Å²) in [7, 11) is -3.76. The largest absolute Gasteiger partial charge is 0.342 e.